The van der Waals surface area contributed by atoms with Crippen LogP contribution in [0.25, 0.3) is 11.3 Å². The van der Waals surface area contributed by atoms with Crippen molar-refractivity contribution in [2.24, 2.45) is 5.10 Å². The molecule has 136 valence electrons. The fourth-order valence-corrected chi connectivity index (χ4v) is 2.48. The number of hydrogen-bond donors (Lipinski definition) is 3. The lowest BCUT2D eigenvalue weighted by atomic mass is 10.1. The molecule has 1 heterocycles. The standard InChI is InChI=1S/C20H17N3O3S/c24-19(25)16-8-4-7-15(11-16)18-10-9-17(26-18)13-22-23-20(27)21-12-14-5-2-1-3-6-14/h1-11,13H,12H2,(H,24,25)(H2,21,23,27)/b22-13-. The van der Waals surface area contributed by atoms with Crippen molar-refractivity contribution >= 4 is 29.5 Å². The molecular weight excluding hydrogens is 362 g/mol. The van der Waals surface area contributed by atoms with Gasteiger partial charge in [-0.05, 0) is 42.0 Å². The number of furan rings is 1. The zero-order valence-corrected chi connectivity index (χ0v) is 15.1. The van der Waals surface area contributed by atoms with E-state index < -0.39 is 5.97 Å². The molecule has 0 unspecified atom stereocenters. The average molecular weight is 379 g/mol. The number of hydrazone groups is 1. The van der Waals surface area contributed by atoms with E-state index in [9.17, 15) is 4.79 Å². The van der Waals surface area contributed by atoms with E-state index in [0.29, 0.717) is 28.7 Å². The van der Waals surface area contributed by atoms with E-state index in [2.05, 4.69) is 15.8 Å². The summed E-state index contributed by atoms with van der Waals surface area (Å²) >= 11 is 5.17. The van der Waals surface area contributed by atoms with Gasteiger partial charge in [0.1, 0.15) is 11.5 Å². The Balaban J connectivity index is 1.55. The lowest BCUT2D eigenvalue weighted by Crippen LogP contribution is -2.31. The molecule has 0 radical (unpaired) electrons. The molecular formula is C20H17N3O3S. The molecule has 0 saturated heterocycles. The van der Waals surface area contributed by atoms with Gasteiger partial charge in [0.15, 0.2) is 5.11 Å². The molecule has 7 heteroatoms. The molecule has 0 amide bonds. The Morgan fingerprint density at radius 1 is 1.11 bits per heavy atom. The Bertz CT molecular complexity index is 967. The molecule has 0 spiro atoms. The maximum Gasteiger partial charge on any atom is 0.335 e. The normalized spacial score (nSPS) is 10.7. The van der Waals surface area contributed by atoms with E-state index >= 15 is 0 Å². The van der Waals surface area contributed by atoms with Crippen molar-refractivity contribution in [1.29, 1.82) is 0 Å². The maximum atomic E-state index is 11.1. The van der Waals surface area contributed by atoms with Crippen molar-refractivity contribution in [3.8, 4) is 11.3 Å². The minimum atomic E-state index is -0.981. The summed E-state index contributed by atoms with van der Waals surface area (Å²) < 4.78 is 5.67. The van der Waals surface area contributed by atoms with Gasteiger partial charge in [-0.3, -0.25) is 5.43 Å². The van der Waals surface area contributed by atoms with Crippen LogP contribution in [-0.4, -0.2) is 22.4 Å². The number of aromatic carboxylic acids is 1. The highest BCUT2D eigenvalue weighted by atomic mass is 32.1. The summed E-state index contributed by atoms with van der Waals surface area (Å²) in [7, 11) is 0. The minimum absolute atomic E-state index is 0.204. The van der Waals surface area contributed by atoms with Crippen LogP contribution in [-0.2, 0) is 6.54 Å². The first-order valence-corrected chi connectivity index (χ1v) is 8.57. The molecule has 27 heavy (non-hydrogen) atoms. The van der Waals surface area contributed by atoms with Crippen molar-refractivity contribution in [2.75, 3.05) is 0 Å². The van der Waals surface area contributed by atoms with Crippen LogP contribution in [0.1, 0.15) is 21.7 Å². The van der Waals surface area contributed by atoms with Crippen LogP contribution in [0.15, 0.2) is 76.2 Å². The van der Waals surface area contributed by atoms with E-state index in [1.165, 1.54) is 12.3 Å². The summed E-state index contributed by atoms with van der Waals surface area (Å²) in [5.74, 6) is 0.0966. The SMILES string of the molecule is O=C(O)c1cccc(-c2ccc(/C=N\NC(=S)NCc3ccccc3)o2)c1. The van der Waals surface area contributed by atoms with Gasteiger partial charge in [-0.25, -0.2) is 4.79 Å². The monoisotopic (exact) mass is 379 g/mol. The molecule has 1 aromatic heterocycles. The van der Waals surface area contributed by atoms with Crippen LogP contribution in [0.4, 0.5) is 0 Å². The highest BCUT2D eigenvalue weighted by Crippen LogP contribution is 2.22. The molecule has 0 fully saturated rings. The zero-order valence-electron chi connectivity index (χ0n) is 14.3. The van der Waals surface area contributed by atoms with Gasteiger partial charge < -0.3 is 14.8 Å². The highest BCUT2D eigenvalue weighted by Gasteiger charge is 2.07. The van der Waals surface area contributed by atoms with E-state index in [1.807, 2.05) is 30.3 Å². The molecule has 0 aliphatic carbocycles. The third-order valence-corrected chi connectivity index (χ3v) is 3.91. The van der Waals surface area contributed by atoms with Crippen LogP contribution >= 0.6 is 12.2 Å². The van der Waals surface area contributed by atoms with Gasteiger partial charge in [0.2, 0.25) is 0 Å². The molecule has 0 aliphatic rings. The first-order chi connectivity index (χ1) is 13.1. The number of hydrogen-bond acceptors (Lipinski definition) is 4. The number of rotatable bonds is 6. The predicted molar refractivity (Wildman–Crippen MR) is 108 cm³/mol. The predicted octanol–water partition coefficient (Wildman–Crippen LogP) is 3.64. The lowest BCUT2D eigenvalue weighted by molar-refractivity contribution is 0.0697. The fraction of sp³-hybridized carbons (Fsp3) is 0.0500. The third kappa shape index (κ3) is 5.26. The molecule has 3 rings (SSSR count). The summed E-state index contributed by atoms with van der Waals surface area (Å²) in [6, 6.07) is 19.9. The maximum absolute atomic E-state index is 11.1. The zero-order chi connectivity index (χ0) is 19.1. The van der Waals surface area contributed by atoms with E-state index in [1.54, 1.807) is 30.3 Å². The fourth-order valence-electron chi connectivity index (χ4n) is 2.36. The topological polar surface area (TPSA) is 86.9 Å². The largest absolute Gasteiger partial charge is 0.478 e. The van der Waals surface area contributed by atoms with Crippen LogP contribution in [0.2, 0.25) is 0 Å². The van der Waals surface area contributed by atoms with Gasteiger partial charge in [-0.15, -0.1) is 0 Å². The van der Waals surface area contributed by atoms with Gasteiger partial charge >= 0.3 is 5.97 Å². The molecule has 0 aliphatic heterocycles. The highest BCUT2D eigenvalue weighted by molar-refractivity contribution is 7.80. The Hall–Kier alpha value is -3.45. The van der Waals surface area contributed by atoms with E-state index in [4.69, 9.17) is 21.7 Å². The van der Waals surface area contributed by atoms with Crippen molar-refractivity contribution in [1.82, 2.24) is 10.7 Å². The Labute approximate surface area is 161 Å². The quantitative estimate of drug-likeness (QED) is 0.344. The number of thiocarbonyl (C=S) groups is 1. The van der Waals surface area contributed by atoms with Crippen LogP contribution in [0, 0.1) is 0 Å². The van der Waals surface area contributed by atoms with Crippen LogP contribution in [0.3, 0.4) is 0 Å². The van der Waals surface area contributed by atoms with Gasteiger partial charge in [0, 0.05) is 12.1 Å². The second-order valence-corrected chi connectivity index (χ2v) is 6.03. The molecule has 0 bridgehead atoms. The molecule has 0 saturated carbocycles. The Morgan fingerprint density at radius 3 is 2.70 bits per heavy atom. The second kappa shape index (κ2) is 8.77. The summed E-state index contributed by atoms with van der Waals surface area (Å²) in [6.07, 6.45) is 1.50. The number of carboxylic acids is 1. The van der Waals surface area contributed by atoms with Crippen molar-refractivity contribution in [3.63, 3.8) is 0 Å². The first-order valence-electron chi connectivity index (χ1n) is 8.16. The minimum Gasteiger partial charge on any atom is -0.478 e. The van der Waals surface area contributed by atoms with E-state index in [0.717, 1.165) is 5.56 Å². The second-order valence-electron chi connectivity index (χ2n) is 5.63. The molecule has 0 atom stereocenters. The van der Waals surface area contributed by atoms with Crippen LogP contribution in [0.5, 0.6) is 0 Å². The Morgan fingerprint density at radius 2 is 1.93 bits per heavy atom. The molecule has 3 N–H and O–H groups in total. The number of carbonyl (C=O) groups is 1. The van der Waals surface area contributed by atoms with Crippen molar-refractivity contribution < 1.29 is 14.3 Å². The van der Waals surface area contributed by atoms with Gasteiger partial charge in [0.25, 0.3) is 0 Å². The third-order valence-electron chi connectivity index (χ3n) is 3.67. The Kier molecular flexibility index (Phi) is 5.96. The molecule has 3 aromatic rings. The van der Waals surface area contributed by atoms with Gasteiger partial charge in [-0.1, -0.05) is 42.5 Å². The van der Waals surface area contributed by atoms with Crippen LogP contribution < -0.4 is 10.7 Å². The van der Waals surface area contributed by atoms with Gasteiger partial charge in [-0.2, -0.15) is 5.10 Å². The average Bonchev–Trinajstić information content (AvgIpc) is 3.16. The summed E-state index contributed by atoms with van der Waals surface area (Å²) in [5.41, 5.74) is 4.73. The smallest absolute Gasteiger partial charge is 0.335 e. The molecule has 6 nitrogen and oxygen atoms in total. The van der Waals surface area contributed by atoms with E-state index in [-0.39, 0.29) is 5.56 Å². The summed E-state index contributed by atoms with van der Waals surface area (Å²) in [4.78, 5) is 11.1. The summed E-state index contributed by atoms with van der Waals surface area (Å²) in [5, 5.41) is 16.6. The van der Waals surface area contributed by atoms with Crippen molar-refractivity contribution in [2.45, 2.75) is 6.54 Å². The first kappa shape index (κ1) is 18.3. The number of benzene rings is 2. The van der Waals surface area contributed by atoms with Crippen molar-refractivity contribution in [3.05, 3.63) is 83.6 Å². The summed E-state index contributed by atoms with van der Waals surface area (Å²) in [6.45, 7) is 0.604. The number of nitrogens with zero attached hydrogens (tertiary/aromatic N) is 1. The number of carboxylic acid groups (broad SMARTS) is 1. The number of nitrogens with one attached hydrogen (secondary N) is 2. The molecule has 2 aromatic carbocycles. The van der Waals surface area contributed by atoms with Gasteiger partial charge in [0.05, 0.1) is 11.8 Å². The lowest BCUT2D eigenvalue weighted by Gasteiger charge is -2.06.